The van der Waals surface area contributed by atoms with Gasteiger partial charge in [-0.2, -0.15) is 0 Å². The number of benzene rings is 2. The molecule has 2 aliphatic rings. The summed E-state index contributed by atoms with van der Waals surface area (Å²) in [6.45, 7) is 1.26. The van der Waals surface area contributed by atoms with E-state index in [2.05, 4.69) is 10.2 Å². The third-order valence-corrected chi connectivity index (χ3v) is 8.09. The van der Waals surface area contributed by atoms with Gasteiger partial charge in [0.1, 0.15) is 18.4 Å². The van der Waals surface area contributed by atoms with Gasteiger partial charge >= 0.3 is 5.97 Å². The molecule has 0 bridgehead atoms. The monoisotopic (exact) mass is 596 g/mol. The Labute approximate surface area is 242 Å². The maximum Gasteiger partial charge on any atom is 0.303 e. The number of hydrogen-bond donors (Lipinski definition) is 3. The average Bonchev–Trinajstić information content (AvgIpc) is 3.23. The van der Waals surface area contributed by atoms with Crippen molar-refractivity contribution in [1.82, 2.24) is 15.1 Å². The van der Waals surface area contributed by atoms with Gasteiger partial charge in [-0.3, -0.25) is 19.3 Å². The third kappa shape index (κ3) is 7.55. The van der Waals surface area contributed by atoms with Crippen molar-refractivity contribution in [2.75, 3.05) is 19.7 Å². The Bertz CT molecular complexity index is 1220. The van der Waals surface area contributed by atoms with Crippen LogP contribution in [-0.2, 0) is 20.9 Å². The highest BCUT2D eigenvalue weighted by Gasteiger charge is 2.46. The molecular weight excluding hydrogens is 567 g/mol. The number of carboxylic acid groups (broad SMARTS) is 1. The predicted octanol–water partition coefficient (Wildman–Crippen LogP) is 3.58. The lowest BCUT2D eigenvalue weighted by atomic mass is 10.1. The van der Waals surface area contributed by atoms with E-state index in [9.17, 15) is 19.5 Å². The molecule has 0 aromatic heterocycles. The molecular formula is C27H31Cl3N4O5. The van der Waals surface area contributed by atoms with Gasteiger partial charge in [-0.1, -0.05) is 46.9 Å². The van der Waals surface area contributed by atoms with Crippen molar-refractivity contribution in [3.05, 3.63) is 63.1 Å². The fourth-order valence-electron chi connectivity index (χ4n) is 5.18. The summed E-state index contributed by atoms with van der Waals surface area (Å²) < 4.78 is 6.01. The maximum atomic E-state index is 13.8. The van der Waals surface area contributed by atoms with Crippen LogP contribution in [0, 0.1) is 0 Å². The lowest BCUT2D eigenvalue weighted by Gasteiger charge is -2.32. The molecule has 2 amide bonds. The largest absolute Gasteiger partial charge is 0.492 e. The molecule has 12 heteroatoms. The number of aliphatic carboxylic acids is 1. The van der Waals surface area contributed by atoms with Crippen LogP contribution in [0.25, 0.3) is 0 Å². The van der Waals surface area contributed by atoms with E-state index >= 15 is 0 Å². The van der Waals surface area contributed by atoms with E-state index in [1.165, 1.54) is 4.90 Å². The number of amides is 2. The summed E-state index contributed by atoms with van der Waals surface area (Å²) in [5.41, 5.74) is 6.99. The zero-order valence-electron chi connectivity index (χ0n) is 21.2. The van der Waals surface area contributed by atoms with Crippen molar-refractivity contribution in [3.63, 3.8) is 0 Å². The van der Waals surface area contributed by atoms with Crippen molar-refractivity contribution in [2.24, 2.45) is 5.73 Å². The third-order valence-electron chi connectivity index (χ3n) is 7.11. The summed E-state index contributed by atoms with van der Waals surface area (Å²) in [7, 11) is 0. The number of carboxylic acids is 1. The lowest BCUT2D eigenvalue weighted by molar-refractivity contribution is -0.144. The molecule has 9 nitrogen and oxygen atoms in total. The number of carbonyl (C=O) groups excluding carboxylic acids is 2. The van der Waals surface area contributed by atoms with Crippen LogP contribution in [0.4, 0.5) is 0 Å². The van der Waals surface area contributed by atoms with Gasteiger partial charge in [0.2, 0.25) is 11.8 Å². The second kappa shape index (κ2) is 13.2. The zero-order valence-corrected chi connectivity index (χ0v) is 23.5. The quantitative estimate of drug-likeness (QED) is 0.382. The second-order valence-corrected chi connectivity index (χ2v) is 11.1. The Morgan fingerprint density at radius 2 is 1.95 bits per heavy atom. The van der Waals surface area contributed by atoms with Crippen molar-refractivity contribution >= 4 is 52.6 Å². The van der Waals surface area contributed by atoms with Gasteiger partial charge in [0.15, 0.2) is 0 Å². The number of nitrogens with one attached hydrogen (secondary N) is 1. The fraction of sp³-hybridized carbons (Fsp3) is 0.444. The summed E-state index contributed by atoms with van der Waals surface area (Å²) in [6.07, 6.45) is 0.694. The Morgan fingerprint density at radius 3 is 2.67 bits per heavy atom. The molecule has 2 saturated heterocycles. The molecule has 2 heterocycles. The van der Waals surface area contributed by atoms with Crippen molar-refractivity contribution in [3.8, 4) is 5.75 Å². The first kappa shape index (κ1) is 29.4. The van der Waals surface area contributed by atoms with Gasteiger partial charge in [-0.25, -0.2) is 0 Å². The van der Waals surface area contributed by atoms with Crippen LogP contribution < -0.4 is 15.8 Å². The molecule has 1 unspecified atom stereocenters. The summed E-state index contributed by atoms with van der Waals surface area (Å²) in [5.74, 6) is -1.08. The summed E-state index contributed by atoms with van der Waals surface area (Å²) in [4.78, 5) is 42.2. The summed E-state index contributed by atoms with van der Waals surface area (Å²) >= 11 is 18.2. The van der Waals surface area contributed by atoms with E-state index in [0.29, 0.717) is 46.8 Å². The lowest BCUT2D eigenvalue weighted by Crippen LogP contribution is -2.53. The predicted molar refractivity (Wildman–Crippen MR) is 149 cm³/mol. The highest BCUT2D eigenvalue weighted by atomic mass is 35.5. The topological polar surface area (TPSA) is 125 Å². The first-order chi connectivity index (χ1) is 18.6. The van der Waals surface area contributed by atoms with E-state index in [0.717, 1.165) is 5.56 Å². The smallest absolute Gasteiger partial charge is 0.303 e. The van der Waals surface area contributed by atoms with Crippen LogP contribution in [0.5, 0.6) is 5.75 Å². The van der Waals surface area contributed by atoms with Crippen LogP contribution in [0.2, 0.25) is 15.1 Å². The van der Waals surface area contributed by atoms with Crippen LogP contribution in [0.15, 0.2) is 42.5 Å². The molecule has 210 valence electrons. The van der Waals surface area contributed by atoms with E-state index < -0.39 is 24.0 Å². The molecule has 2 aromatic carbocycles. The van der Waals surface area contributed by atoms with Crippen LogP contribution >= 0.6 is 34.8 Å². The van der Waals surface area contributed by atoms with Gasteiger partial charge in [-0.15, -0.1) is 0 Å². The second-order valence-electron chi connectivity index (χ2n) is 9.87. The van der Waals surface area contributed by atoms with E-state index in [4.69, 9.17) is 45.3 Å². The van der Waals surface area contributed by atoms with Gasteiger partial charge in [-0.05, 0) is 55.2 Å². The molecule has 2 fully saturated rings. The molecule has 0 aliphatic carbocycles. The Kier molecular flexibility index (Phi) is 9.96. The number of halogens is 3. The van der Waals surface area contributed by atoms with E-state index in [1.807, 2.05) is 6.07 Å². The molecule has 4 rings (SSSR count). The van der Waals surface area contributed by atoms with Crippen molar-refractivity contribution in [2.45, 2.75) is 56.4 Å². The molecule has 0 spiro atoms. The van der Waals surface area contributed by atoms with Crippen molar-refractivity contribution in [1.29, 1.82) is 0 Å². The number of nitrogens with zero attached hydrogens (tertiary/aromatic N) is 2. The fourth-order valence-corrected chi connectivity index (χ4v) is 5.68. The number of rotatable bonds is 10. The Hall–Kier alpha value is -2.56. The minimum atomic E-state index is -1.04. The molecule has 0 radical (unpaired) electrons. The van der Waals surface area contributed by atoms with Gasteiger partial charge < -0.3 is 25.8 Å². The highest BCUT2D eigenvalue weighted by Crippen LogP contribution is 2.29. The SMILES string of the molecule is N[C@@H]1C[C@H]2C(=O)N([C@H](CCC(=O)O)C(=O)NCc3ccc(Cl)c(Cl)c3)CCC(COc3cccc(Cl)c3)N2C1. The normalized spacial score (nSPS) is 22.2. The standard InChI is InChI=1S/C27H31Cl3N4O5/c28-17-2-1-3-20(11-17)39-15-19-8-9-33(27(38)24-12-18(31)14-34(19)24)23(6-7-25(35)36)26(37)32-13-16-4-5-21(29)22(30)10-16/h1-5,10-11,18-19,23-24H,6-9,12-15,31H2,(H,32,37)(H,35,36)/t18-,19?,23-,24+/m1/s1. The minimum Gasteiger partial charge on any atom is -0.492 e. The van der Waals surface area contributed by atoms with Crippen molar-refractivity contribution < 1.29 is 24.2 Å². The Balaban J connectivity index is 1.51. The molecule has 0 saturated carbocycles. The molecule has 2 aliphatic heterocycles. The number of ether oxygens (including phenoxy) is 1. The average molecular weight is 598 g/mol. The number of fused-ring (bicyclic) bond motifs is 1. The maximum absolute atomic E-state index is 13.8. The first-order valence-corrected chi connectivity index (χ1v) is 13.9. The van der Waals surface area contributed by atoms with E-state index in [-0.39, 0.29) is 43.9 Å². The molecule has 39 heavy (non-hydrogen) atoms. The Morgan fingerprint density at radius 1 is 1.15 bits per heavy atom. The number of carbonyl (C=O) groups is 3. The molecule has 2 aromatic rings. The first-order valence-electron chi connectivity index (χ1n) is 12.8. The summed E-state index contributed by atoms with van der Waals surface area (Å²) in [5, 5.41) is 13.5. The molecule has 4 atom stereocenters. The van der Waals surface area contributed by atoms with Crippen LogP contribution in [0.1, 0.15) is 31.2 Å². The zero-order chi connectivity index (χ0) is 28.1. The van der Waals surface area contributed by atoms with Crippen LogP contribution in [0.3, 0.4) is 0 Å². The van der Waals surface area contributed by atoms with Gasteiger partial charge in [0.25, 0.3) is 0 Å². The van der Waals surface area contributed by atoms with E-state index in [1.54, 1.807) is 36.4 Å². The molecule has 4 N–H and O–H groups in total. The van der Waals surface area contributed by atoms with Gasteiger partial charge in [0, 0.05) is 43.2 Å². The number of hydrogen-bond acceptors (Lipinski definition) is 6. The number of nitrogens with two attached hydrogens (primary N) is 1. The van der Waals surface area contributed by atoms with Crippen LogP contribution in [-0.4, -0.2) is 76.6 Å². The summed E-state index contributed by atoms with van der Waals surface area (Å²) in [6, 6.07) is 10.3. The highest BCUT2D eigenvalue weighted by molar-refractivity contribution is 6.42. The minimum absolute atomic E-state index is 0.0171. The van der Waals surface area contributed by atoms with Gasteiger partial charge in [0.05, 0.1) is 16.1 Å².